The zero-order chi connectivity index (χ0) is 13.4. The highest BCUT2D eigenvalue weighted by molar-refractivity contribution is 7.10. The SMILES string of the molecule is CC(c1cccs1)N(C)C1CCc2cc(N)ccc21. The molecule has 1 heterocycles. The molecule has 0 aliphatic heterocycles. The number of nitrogen functional groups attached to an aromatic ring is 1. The average molecular weight is 272 g/mol. The summed E-state index contributed by atoms with van der Waals surface area (Å²) in [5.41, 5.74) is 9.64. The molecule has 0 saturated heterocycles. The number of benzene rings is 1. The standard InChI is InChI=1S/C16H20N2S/c1-11(16-4-3-9-19-16)18(2)15-8-5-12-10-13(17)6-7-14(12)15/h3-4,6-7,9-11,15H,5,8,17H2,1-2H3. The zero-order valence-electron chi connectivity index (χ0n) is 11.5. The van der Waals surface area contributed by atoms with Crippen molar-refractivity contribution in [3.8, 4) is 0 Å². The second kappa shape index (κ2) is 4.99. The molecule has 1 aliphatic carbocycles. The highest BCUT2D eigenvalue weighted by atomic mass is 32.1. The molecule has 3 rings (SSSR count). The summed E-state index contributed by atoms with van der Waals surface area (Å²) in [5.74, 6) is 0. The molecule has 2 atom stereocenters. The Hall–Kier alpha value is -1.32. The summed E-state index contributed by atoms with van der Waals surface area (Å²) in [6.45, 7) is 2.29. The van der Waals surface area contributed by atoms with Crippen LogP contribution in [-0.4, -0.2) is 11.9 Å². The number of fused-ring (bicyclic) bond motifs is 1. The molecule has 3 heteroatoms. The van der Waals surface area contributed by atoms with Gasteiger partial charge < -0.3 is 5.73 Å². The lowest BCUT2D eigenvalue weighted by Crippen LogP contribution is -2.25. The summed E-state index contributed by atoms with van der Waals surface area (Å²) >= 11 is 1.84. The van der Waals surface area contributed by atoms with Crippen LogP contribution in [0.25, 0.3) is 0 Å². The molecule has 0 spiro atoms. The van der Waals surface area contributed by atoms with E-state index in [0.717, 1.165) is 12.1 Å². The molecule has 100 valence electrons. The van der Waals surface area contributed by atoms with E-state index in [4.69, 9.17) is 5.73 Å². The van der Waals surface area contributed by atoms with Gasteiger partial charge in [0.15, 0.2) is 0 Å². The average Bonchev–Trinajstić information content (AvgIpc) is 3.05. The van der Waals surface area contributed by atoms with E-state index in [9.17, 15) is 0 Å². The molecular weight excluding hydrogens is 252 g/mol. The molecule has 0 amide bonds. The summed E-state index contributed by atoms with van der Waals surface area (Å²) in [4.78, 5) is 3.93. The van der Waals surface area contributed by atoms with Crippen molar-refractivity contribution in [2.24, 2.45) is 0 Å². The first-order chi connectivity index (χ1) is 9.16. The number of hydrogen-bond donors (Lipinski definition) is 1. The minimum atomic E-state index is 0.466. The first-order valence-electron chi connectivity index (χ1n) is 6.80. The van der Waals surface area contributed by atoms with Gasteiger partial charge in [-0.05, 0) is 61.5 Å². The van der Waals surface area contributed by atoms with Crippen LogP contribution in [0.15, 0.2) is 35.7 Å². The number of aryl methyl sites for hydroxylation is 1. The van der Waals surface area contributed by atoms with E-state index in [1.165, 1.54) is 22.4 Å². The van der Waals surface area contributed by atoms with E-state index in [0.29, 0.717) is 12.1 Å². The molecule has 1 aliphatic rings. The maximum absolute atomic E-state index is 5.88. The van der Waals surface area contributed by atoms with Crippen LogP contribution < -0.4 is 5.73 Å². The van der Waals surface area contributed by atoms with Crippen LogP contribution in [0.3, 0.4) is 0 Å². The highest BCUT2D eigenvalue weighted by Gasteiger charge is 2.29. The third-order valence-corrected chi connectivity index (χ3v) is 5.31. The van der Waals surface area contributed by atoms with Crippen molar-refractivity contribution < 1.29 is 0 Å². The number of nitrogens with two attached hydrogens (primary N) is 1. The van der Waals surface area contributed by atoms with Crippen molar-refractivity contribution in [1.82, 2.24) is 4.90 Å². The zero-order valence-corrected chi connectivity index (χ0v) is 12.3. The van der Waals surface area contributed by atoms with Gasteiger partial charge in [0.1, 0.15) is 0 Å². The smallest absolute Gasteiger partial charge is 0.0416 e. The predicted molar refractivity (Wildman–Crippen MR) is 82.4 cm³/mol. The molecule has 0 radical (unpaired) electrons. The summed E-state index contributed by atoms with van der Waals surface area (Å²) in [7, 11) is 2.24. The lowest BCUT2D eigenvalue weighted by atomic mass is 10.0. The molecule has 1 aromatic carbocycles. The van der Waals surface area contributed by atoms with Crippen LogP contribution in [0.5, 0.6) is 0 Å². The van der Waals surface area contributed by atoms with Gasteiger partial charge in [-0.15, -0.1) is 11.3 Å². The predicted octanol–water partition coefficient (Wildman–Crippen LogP) is 4.01. The Labute approximate surface area is 118 Å². The van der Waals surface area contributed by atoms with Gasteiger partial charge in [-0.3, -0.25) is 4.90 Å². The lowest BCUT2D eigenvalue weighted by Gasteiger charge is -2.30. The van der Waals surface area contributed by atoms with Gasteiger partial charge in [0.2, 0.25) is 0 Å². The molecule has 0 bridgehead atoms. The normalized spacial score (nSPS) is 19.6. The molecule has 0 saturated carbocycles. The van der Waals surface area contributed by atoms with E-state index in [1.807, 2.05) is 17.4 Å². The van der Waals surface area contributed by atoms with Gasteiger partial charge in [-0.2, -0.15) is 0 Å². The van der Waals surface area contributed by atoms with E-state index in [2.05, 4.69) is 48.5 Å². The monoisotopic (exact) mass is 272 g/mol. The fraction of sp³-hybridized carbons (Fsp3) is 0.375. The van der Waals surface area contributed by atoms with Gasteiger partial charge in [0.05, 0.1) is 0 Å². The summed E-state index contributed by atoms with van der Waals surface area (Å²) in [6.07, 6.45) is 2.34. The second-order valence-electron chi connectivity index (χ2n) is 5.37. The molecular formula is C16H20N2S. The van der Waals surface area contributed by atoms with Crippen LogP contribution in [0, 0.1) is 0 Å². The van der Waals surface area contributed by atoms with Gasteiger partial charge in [-0.1, -0.05) is 12.1 Å². The molecule has 0 fully saturated rings. The van der Waals surface area contributed by atoms with Crippen molar-refractivity contribution in [3.63, 3.8) is 0 Å². The van der Waals surface area contributed by atoms with Gasteiger partial charge in [-0.25, -0.2) is 0 Å². The van der Waals surface area contributed by atoms with Gasteiger partial charge >= 0.3 is 0 Å². The van der Waals surface area contributed by atoms with Crippen LogP contribution in [0.2, 0.25) is 0 Å². The van der Waals surface area contributed by atoms with Crippen molar-refractivity contribution in [3.05, 3.63) is 51.7 Å². The fourth-order valence-electron chi connectivity index (χ4n) is 3.04. The van der Waals surface area contributed by atoms with E-state index in [1.54, 1.807) is 0 Å². The molecule has 2 nitrogen and oxygen atoms in total. The summed E-state index contributed by atoms with van der Waals surface area (Å²) < 4.78 is 0. The van der Waals surface area contributed by atoms with Crippen molar-refractivity contribution in [2.75, 3.05) is 12.8 Å². The minimum Gasteiger partial charge on any atom is -0.399 e. The molecule has 19 heavy (non-hydrogen) atoms. The Bertz CT molecular complexity index is 562. The number of thiophene rings is 1. The Morgan fingerprint density at radius 3 is 2.95 bits per heavy atom. The maximum Gasteiger partial charge on any atom is 0.0416 e. The Balaban J connectivity index is 1.85. The van der Waals surface area contributed by atoms with Crippen molar-refractivity contribution in [2.45, 2.75) is 31.8 Å². The van der Waals surface area contributed by atoms with Crippen LogP contribution in [0.1, 0.15) is 41.4 Å². The summed E-state index contributed by atoms with van der Waals surface area (Å²) in [5, 5.41) is 2.16. The number of anilines is 1. The highest BCUT2D eigenvalue weighted by Crippen LogP contribution is 2.40. The largest absolute Gasteiger partial charge is 0.399 e. The third kappa shape index (κ3) is 2.28. The van der Waals surface area contributed by atoms with Crippen molar-refractivity contribution >= 4 is 17.0 Å². The number of rotatable bonds is 3. The molecule has 2 aromatic rings. The topological polar surface area (TPSA) is 29.3 Å². The quantitative estimate of drug-likeness (QED) is 0.855. The number of hydrogen-bond acceptors (Lipinski definition) is 3. The van der Waals surface area contributed by atoms with Crippen LogP contribution >= 0.6 is 11.3 Å². The van der Waals surface area contributed by atoms with Crippen molar-refractivity contribution in [1.29, 1.82) is 0 Å². The second-order valence-corrected chi connectivity index (χ2v) is 6.35. The molecule has 2 unspecified atom stereocenters. The van der Waals surface area contributed by atoms with Gasteiger partial charge in [0, 0.05) is 22.6 Å². The van der Waals surface area contributed by atoms with Crippen LogP contribution in [0.4, 0.5) is 5.69 Å². The Morgan fingerprint density at radius 2 is 2.21 bits per heavy atom. The third-order valence-electron chi connectivity index (χ3n) is 4.27. The number of nitrogens with zero attached hydrogens (tertiary/aromatic N) is 1. The lowest BCUT2D eigenvalue weighted by molar-refractivity contribution is 0.188. The molecule has 1 aromatic heterocycles. The van der Waals surface area contributed by atoms with Gasteiger partial charge in [0.25, 0.3) is 0 Å². The minimum absolute atomic E-state index is 0.466. The van der Waals surface area contributed by atoms with Crippen LogP contribution in [-0.2, 0) is 6.42 Å². The fourth-order valence-corrected chi connectivity index (χ4v) is 3.87. The van der Waals surface area contributed by atoms with E-state index in [-0.39, 0.29) is 0 Å². The first kappa shape index (κ1) is 12.7. The van der Waals surface area contributed by atoms with E-state index < -0.39 is 0 Å². The Kier molecular flexibility index (Phi) is 3.33. The Morgan fingerprint density at radius 1 is 1.37 bits per heavy atom. The molecule has 2 N–H and O–H groups in total. The summed E-state index contributed by atoms with van der Waals surface area (Å²) in [6, 6.07) is 11.7. The first-order valence-corrected chi connectivity index (χ1v) is 7.68. The van der Waals surface area contributed by atoms with E-state index >= 15 is 0 Å². The maximum atomic E-state index is 5.88.